The Balaban J connectivity index is 2.11. The summed E-state index contributed by atoms with van der Waals surface area (Å²) in [5.41, 5.74) is 2.20. The van der Waals surface area contributed by atoms with Crippen molar-refractivity contribution < 1.29 is 4.79 Å². The molecule has 0 aliphatic carbocycles. The number of nitrogens with zero attached hydrogens (tertiary/aromatic N) is 2. The standard InChI is InChI=1S/C12H14N4OS/c1-2-13-7-9-5-3-4-6-10(9)15-12(17)11-8-14-18-16-11/h3-6,8,13H,2,7H2,1H3,(H,15,17). The van der Waals surface area contributed by atoms with Gasteiger partial charge in [-0.3, -0.25) is 4.79 Å². The van der Waals surface area contributed by atoms with Crippen molar-refractivity contribution >= 4 is 23.3 Å². The number of carbonyl (C=O) groups is 1. The second-order valence-electron chi connectivity index (χ2n) is 3.68. The van der Waals surface area contributed by atoms with Crippen LogP contribution in [-0.2, 0) is 6.54 Å². The number of nitrogens with one attached hydrogen (secondary N) is 2. The third-order valence-electron chi connectivity index (χ3n) is 2.42. The van der Waals surface area contributed by atoms with E-state index in [1.54, 1.807) is 0 Å². The highest BCUT2D eigenvalue weighted by molar-refractivity contribution is 6.99. The minimum atomic E-state index is -0.229. The molecule has 1 aromatic carbocycles. The molecule has 0 aliphatic heterocycles. The predicted molar refractivity (Wildman–Crippen MR) is 71.7 cm³/mol. The van der Waals surface area contributed by atoms with Gasteiger partial charge < -0.3 is 10.6 Å². The van der Waals surface area contributed by atoms with Gasteiger partial charge in [0.25, 0.3) is 5.91 Å². The summed E-state index contributed by atoms with van der Waals surface area (Å²) in [6.07, 6.45) is 1.47. The summed E-state index contributed by atoms with van der Waals surface area (Å²) < 4.78 is 7.72. The average molecular weight is 262 g/mol. The first-order chi connectivity index (χ1) is 8.81. The second-order valence-corrected chi connectivity index (χ2v) is 4.24. The van der Waals surface area contributed by atoms with E-state index in [1.807, 2.05) is 31.2 Å². The minimum absolute atomic E-state index is 0.229. The van der Waals surface area contributed by atoms with Crippen molar-refractivity contribution in [3.63, 3.8) is 0 Å². The molecule has 5 nitrogen and oxygen atoms in total. The van der Waals surface area contributed by atoms with E-state index in [1.165, 1.54) is 6.20 Å². The number of rotatable bonds is 5. The lowest BCUT2D eigenvalue weighted by molar-refractivity contribution is 0.102. The molecule has 18 heavy (non-hydrogen) atoms. The van der Waals surface area contributed by atoms with Crippen LogP contribution in [0, 0.1) is 0 Å². The van der Waals surface area contributed by atoms with Crippen molar-refractivity contribution in [3.05, 3.63) is 41.7 Å². The lowest BCUT2D eigenvalue weighted by Crippen LogP contribution is -2.17. The molecule has 2 N–H and O–H groups in total. The van der Waals surface area contributed by atoms with E-state index < -0.39 is 0 Å². The van der Waals surface area contributed by atoms with Crippen molar-refractivity contribution in [1.82, 2.24) is 14.1 Å². The van der Waals surface area contributed by atoms with Gasteiger partial charge in [0.1, 0.15) is 0 Å². The normalized spacial score (nSPS) is 10.3. The van der Waals surface area contributed by atoms with Crippen LogP contribution in [0.2, 0.25) is 0 Å². The zero-order valence-electron chi connectivity index (χ0n) is 10.0. The molecule has 0 fully saturated rings. The highest BCUT2D eigenvalue weighted by Gasteiger charge is 2.10. The zero-order chi connectivity index (χ0) is 12.8. The van der Waals surface area contributed by atoms with Crippen LogP contribution in [0.25, 0.3) is 0 Å². The number of benzene rings is 1. The lowest BCUT2D eigenvalue weighted by atomic mass is 10.1. The van der Waals surface area contributed by atoms with Crippen LogP contribution in [0.1, 0.15) is 23.0 Å². The van der Waals surface area contributed by atoms with Gasteiger partial charge in [0, 0.05) is 12.2 Å². The van der Waals surface area contributed by atoms with Crippen LogP contribution in [0.3, 0.4) is 0 Å². The summed E-state index contributed by atoms with van der Waals surface area (Å²) in [6, 6.07) is 7.71. The maximum atomic E-state index is 11.9. The Kier molecular flexibility index (Phi) is 4.38. The molecule has 0 saturated heterocycles. The van der Waals surface area contributed by atoms with E-state index in [-0.39, 0.29) is 5.91 Å². The third-order valence-corrected chi connectivity index (χ3v) is 2.90. The van der Waals surface area contributed by atoms with Gasteiger partial charge in [-0.1, -0.05) is 25.1 Å². The fourth-order valence-electron chi connectivity index (χ4n) is 1.51. The molecule has 0 spiro atoms. The molecule has 6 heteroatoms. The molecule has 94 valence electrons. The van der Waals surface area contributed by atoms with E-state index >= 15 is 0 Å². The topological polar surface area (TPSA) is 66.9 Å². The van der Waals surface area contributed by atoms with Crippen molar-refractivity contribution in [2.45, 2.75) is 13.5 Å². The SMILES string of the molecule is CCNCc1ccccc1NC(=O)c1cnsn1. The first-order valence-electron chi connectivity index (χ1n) is 5.68. The van der Waals surface area contributed by atoms with Gasteiger partial charge in [0.05, 0.1) is 17.9 Å². The third kappa shape index (κ3) is 3.12. The van der Waals surface area contributed by atoms with Gasteiger partial charge in [-0.25, -0.2) is 0 Å². The van der Waals surface area contributed by atoms with E-state index in [0.717, 1.165) is 36.1 Å². The van der Waals surface area contributed by atoms with Crippen molar-refractivity contribution in [2.24, 2.45) is 0 Å². The van der Waals surface area contributed by atoms with Gasteiger partial charge in [-0.2, -0.15) is 8.75 Å². The van der Waals surface area contributed by atoms with Crippen LogP contribution >= 0.6 is 11.7 Å². The molecule has 0 unspecified atom stereocenters. The maximum Gasteiger partial charge on any atom is 0.277 e. The van der Waals surface area contributed by atoms with Crippen LogP contribution < -0.4 is 10.6 Å². The van der Waals surface area contributed by atoms with Crippen molar-refractivity contribution in [3.8, 4) is 0 Å². The maximum absolute atomic E-state index is 11.9. The Bertz CT molecular complexity index is 513. The predicted octanol–water partition coefficient (Wildman–Crippen LogP) is 1.90. The van der Waals surface area contributed by atoms with Gasteiger partial charge in [-0.15, -0.1) is 0 Å². The van der Waals surface area contributed by atoms with Gasteiger partial charge >= 0.3 is 0 Å². The van der Waals surface area contributed by atoms with E-state index in [0.29, 0.717) is 5.69 Å². The Hall–Kier alpha value is -1.79. The number of hydrogen-bond acceptors (Lipinski definition) is 5. The quantitative estimate of drug-likeness (QED) is 0.863. The first-order valence-corrected chi connectivity index (χ1v) is 6.42. The first kappa shape index (κ1) is 12.7. The molecule has 2 aromatic rings. The van der Waals surface area contributed by atoms with Gasteiger partial charge in [0.15, 0.2) is 5.69 Å². The molecular weight excluding hydrogens is 248 g/mol. The molecule has 0 aliphatic rings. The molecule has 1 heterocycles. The molecule has 1 amide bonds. The van der Waals surface area contributed by atoms with Crippen LogP contribution in [0.5, 0.6) is 0 Å². The molecule has 0 bridgehead atoms. The van der Waals surface area contributed by atoms with Crippen molar-refractivity contribution in [1.29, 1.82) is 0 Å². The fraction of sp³-hybridized carbons (Fsp3) is 0.250. The number of aromatic nitrogens is 2. The molecule has 0 atom stereocenters. The summed E-state index contributed by atoms with van der Waals surface area (Å²) in [4.78, 5) is 11.9. The summed E-state index contributed by atoms with van der Waals surface area (Å²) >= 11 is 1.02. The lowest BCUT2D eigenvalue weighted by Gasteiger charge is -2.10. The summed E-state index contributed by atoms with van der Waals surface area (Å²) in [7, 11) is 0. The minimum Gasteiger partial charge on any atom is -0.320 e. The number of carbonyl (C=O) groups excluding carboxylic acids is 1. The fourth-order valence-corrected chi connectivity index (χ4v) is 1.92. The van der Waals surface area contributed by atoms with E-state index in [2.05, 4.69) is 19.4 Å². The monoisotopic (exact) mass is 262 g/mol. The highest BCUT2D eigenvalue weighted by atomic mass is 32.1. The molecular formula is C12H14N4OS. The summed E-state index contributed by atoms with van der Waals surface area (Å²) in [6.45, 7) is 3.66. The molecule has 0 saturated carbocycles. The smallest absolute Gasteiger partial charge is 0.277 e. The summed E-state index contributed by atoms with van der Waals surface area (Å²) in [5, 5.41) is 6.08. The highest BCUT2D eigenvalue weighted by Crippen LogP contribution is 2.15. The van der Waals surface area contributed by atoms with Crippen LogP contribution in [0.4, 0.5) is 5.69 Å². The Morgan fingerprint density at radius 1 is 1.39 bits per heavy atom. The zero-order valence-corrected chi connectivity index (χ0v) is 10.8. The summed E-state index contributed by atoms with van der Waals surface area (Å²) in [5.74, 6) is -0.229. The Labute approximate surface area is 110 Å². The van der Waals surface area contributed by atoms with Gasteiger partial charge in [-0.05, 0) is 18.2 Å². The van der Waals surface area contributed by atoms with E-state index in [9.17, 15) is 4.79 Å². The number of amides is 1. The van der Waals surface area contributed by atoms with Crippen LogP contribution in [0.15, 0.2) is 30.5 Å². The number of para-hydroxylation sites is 1. The van der Waals surface area contributed by atoms with Gasteiger partial charge in [0.2, 0.25) is 0 Å². The average Bonchev–Trinajstić information content (AvgIpc) is 2.91. The largest absolute Gasteiger partial charge is 0.320 e. The Morgan fingerprint density at radius 2 is 2.22 bits per heavy atom. The van der Waals surface area contributed by atoms with Crippen LogP contribution in [-0.4, -0.2) is 21.2 Å². The van der Waals surface area contributed by atoms with Crippen molar-refractivity contribution in [2.75, 3.05) is 11.9 Å². The second kappa shape index (κ2) is 6.23. The molecule has 1 aromatic heterocycles. The molecule has 0 radical (unpaired) electrons. The van der Waals surface area contributed by atoms with E-state index in [4.69, 9.17) is 0 Å². The number of anilines is 1. The molecule has 2 rings (SSSR count). The Morgan fingerprint density at radius 3 is 2.94 bits per heavy atom. The number of hydrogen-bond donors (Lipinski definition) is 2.